The van der Waals surface area contributed by atoms with E-state index in [4.69, 9.17) is 14.0 Å². The smallest absolute Gasteiger partial charge is 0.264 e. The second kappa shape index (κ2) is 10.4. The zero-order valence-corrected chi connectivity index (χ0v) is 18.8. The topological polar surface area (TPSA) is 94.8 Å². The molecular weight excluding hydrogens is 418 g/mol. The predicted molar refractivity (Wildman–Crippen MR) is 116 cm³/mol. The van der Waals surface area contributed by atoms with Crippen molar-refractivity contribution < 1.29 is 22.4 Å². The average molecular weight is 446 g/mol. The number of sulfonamides is 1. The Morgan fingerprint density at radius 2 is 1.68 bits per heavy atom. The molecule has 0 N–H and O–H groups in total. The van der Waals surface area contributed by atoms with E-state index in [9.17, 15) is 8.42 Å². The molecule has 0 fully saturated rings. The van der Waals surface area contributed by atoms with Gasteiger partial charge in [0.05, 0.1) is 12.0 Å². The third-order valence-electron chi connectivity index (χ3n) is 4.75. The van der Waals surface area contributed by atoms with Crippen LogP contribution in [0.15, 0.2) is 57.9 Å². The summed E-state index contributed by atoms with van der Waals surface area (Å²) in [5, 5.41) is 3.91. The van der Waals surface area contributed by atoms with E-state index in [2.05, 4.69) is 17.1 Å². The summed E-state index contributed by atoms with van der Waals surface area (Å²) >= 11 is 0. The van der Waals surface area contributed by atoms with Gasteiger partial charge in [0.2, 0.25) is 10.0 Å². The molecule has 0 saturated heterocycles. The summed E-state index contributed by atoms with van der Waals surface area (Å²) in [5.41, 5.74) is 1.13. The van der Waals surface area contributed by atoms with Gasteiger partial charge in [0.25, 0.3) is 5.89 Å². The zero-order chi connectivity index (χ0) is 22.3. The lowest BCUT2D eigenvalue weighted by atomic mass is 10.1. The van der Waals surface area contributed by atoms with E-state index in [-0.39, 0.29) is 18.0 Å². The molecule has 1 heterocycles. The van der Waals surface area contributed by atoms with Crippen LogP contribution >= 0.6 is 0 Å². The molecule has 0 aliphatic carbocycles. The zero-order valence-electron chi connectivity index (χ0n) is 17.9. The van der Waals surface area contributed by atoms with Crippen LogP contribution in [0.5, 0.6) is 11.5 Å². The van der Waals surface area contributed by atoms with Gasteiger partial charge in [-0.05, 0) is 48.4 Å². The number of ether oxygens (including phenoxy) is 2. The lowest BCUT2D eigenvalue weighted by Gasteiger charge is -2.16. The number of rotatable bonds is 11. The molecule has 0 atom stereocenters. The highest BCUT2D eigenvalue weighted by molar-refractivity contribution is 7.89. The van der Waals surface area contributed by atoms with Crippen molar-refractivity contribution in [3.63, 3.8) is 0 Å². The predicted octanol–water partition coefficient (Wildman–Crippen LogP) is 3.47. The molecule has 0 bridgehead atoms. The lowest BCUT2D eigenvalue weighted by Crippen LogP contribution is -2.29. The fourth-order valence-electron chi connectivity index (χ4n) is 2.94. The van der Waals surface area contributed by atoms with Crippen molar-refractivity contribution in [3.8, 4) is 11.5 Å². The molecule has 9 heteroatoms. The number of aryl methyl sites for hydroxylation is 1. The van der Waals surface area contributed by atoms with Crippen LogP contribution in [-0.4, -0.2) is 43.6 Å². The van der Waals surface area contributed by atoms with Gasteiger partial charge in [0, 0.05) is 20.0 Å². The van der Waals surface area contributed by atoms with Crippen molar-refractivity contribution in [3.05, 3.63) is 65.8 Å². The van der Waals surface area contributed by atoms with Gasteiger partial charge < -0.3 is 14.0 Å². The van der Waals surface area contributed by atoms with Crippen molar-refractivity contribution in [2.75, 3.05) is 20.7 Å². The van der Waals surface area contributed by atoms with Gasteiger partial charge in [-0.2, -0.15) is 4.98 Å². The number of methoxy groups -OCH3 is 1. The number of aromatic nitrogens is 2. The van der Waals surface area contributed by atoms with Crippen LogP contribution in [-0.2, 0) is 29.5 Å². The molecule has 31 heavy (non-hydrogen) atoms. The van der Waals surface area contributed by atoms with Crippen molar-refractivity contribution in [1.29, 1.82) is 0 Å². The van der Waals surface area contributed by atoms with E-state index in [1.807, 2.05) is 12.1 Å². The quantitative estimate of drug-likeness (QED) is 0.446. The molecule has 0 saturated carbocycles. The highest BCUT2D eigenvalue weighted by atomic mass is 32.2. The maximum Gasteiger partial charge on any atom is 0.264 e. The number of benzene rings is 2. The van der Waals surface area contributed by atoms with E-state index in [1.165, 1.54) is 4.31 Å². The van der Waals surface area contributed by atoms with Crippen molar-refractivity contribution in [2.45, 2.75) is 37.7 Å². The highest BCUT2D eigenvalue weighted by Crippen LogP contribution is 2.19. The maximum absolute atomic E-state index is 12.8. The Hall–Kier alpha value is -2.91. The van der Waals surface area contributed by atoms with Crippen LogP contribution in [0.25, 0.3) is 0 Å². The Morgan fingerprint density at radius 3 is 2.32 bits per heavy atom. The van der Waals surface area contributed by atoms with Gasteiger partial charge >= 0.3 is 0 Å². The van der Waals surface area contributed by atoms with Gasteiger partial charge in [-0.3, -0.25) is 0 Å². The molecule has 1 aromatic heterocycles. The minimum absolute atomic E-state index is 0.123. The van der Waals surface area contributed by atoms with Gasteiger partial charge in [0.15, 0.2) is 12.4 Å². The molecule has 0 radical (unpaired) electrons. The van der Waals surface area contributed by atoms with E-state index in [1.54, 1.807) is 50.6 Å². The van der Waals surface area contributed by atoms with E-state index >= 15 is 0 Å². The molecule has 2 aromatic carbocycles. The molecule has 0 unspecified atom stereocenters. The first kappa shape index (κ1) is 22.8. The molecule has 3 rings (SSSR count). The molecule has 0 aliphatic heterocycles. The largest absolute Gasteiger partial charge is 0.497 e. The molecule has 0 spiro atoms. The van der Waals surface area contributed by atoms with Crippen LogP contribution in [0.3, 0.4) is 0 Å². The lowest BCUT2D eigenvalue weighted by molar-refractivity contribution is 0.242. The third kappa shape index (κ3) is 6.05. The van der Waals surface area contributed by atoms with Gasteiger partial charge in [0.1, 0.15) is 11.5 Å². The Labute approximate surface area is 182 Å². The summed E-state index contributed by atoms with van der Waals surface area (Å²) in [7, 11) is -0.430. The first-order valence-corrected chi connectivity index (χ1v) is 11.5. The first-order valence-electron chi connectivity index (χ1n) is 10.1. The van der Waals surface area contributed by atoms with Crippen LogP contribution in [0, 0.1) is 0 Å². The molecular formula is C22H27N3O5S. The number of hydrogen-bond acceptors (Lipinski definition) is 7. The monoisotopic (exact) mass is 445 g/mol. The Balaban J connectivity index is 1.52. The first-order chi connectivity index (χ1) is 14.9. The van der Waals surface area contributed by atoms with E-state index in [0.717, 1.165) is 24.2 Å². The van der Waals surface area contributed by atoms with Crippen molar-refractivity contribution >= 4 is 10.0 Å². The minimum atomic E-state index is -3.57. The molecule has 0 aliphatic rings. The highest BCUT2D eigenvalue weighted by Gasteiger charge is 2.21. The summed E-state index contributed by atoms with van der Waals surface area (Å²) in [6, 6.07) is 14.2. The maximum atomic E-state index is 12.8. The van der Waals surface area contributed by atoms with Crippen LogP contribution < -0.4 is 9.47 Å². The summed E-state index contributed by atoms with van der Waals surface area (Å²) < 4.78 is 42.7. The molecule has 0 amide bonds. The second-order valence-corrected chi connectivity index (χ2v) is 9.08. The number of hydrogen-bond donors (Lipinski definition) is 0. The fourth-order valence-corrected chi connectivity index (χ4v) is 4.11. The standard InChI is InChI=1S/C22H27N3O5S/c1-4-5-17-6-12-20(13-7-17)31(26,27)25(2)15-14-21-23-22(30-24-21)16-29-19-10-8-18(28-3)9-11-19/h6-13H,4-5,14-16H2,1-3H3. The van der Waals surface area contributed by atoms with Crippen molar-refractivity contribution in [1.82, 2.24) is 14.4 Å². The summed E-state index contributed by atoms with van der Waals surface area (Å²) in [4.78, 5) is 4.54. The molecule has 8 nitrogen and oxygen atoms in total. The van der Waals surface area contributed by atoms with Crippen LogP contribution in [0.1, 0.15) is 30.6 Å². The van der Waals surface area contributed by atoms with E-state index < -0.39 is 10.0 Å². The third-order valence-corrected chi connectivity index (χ3v) is 6.62. The second-order valence-electron chi connectivity index (χ2n) is 7.04. The normalized spacial score (nSPS) is 11.6. The number of nitrogens with zero attached hydrogens (tertiary/aromatic N) is 3. The number of likely N-dealkylation sites (N-methyl/N-ethyl adjacent to an activating group) is 1. The average Bonchev–Trinajstić information content (AvgIpc) is 3.25. The van der Waals surface area contributed by atoms with Gasteiger partial charge in [-0.1, -0.05) is 30.6 Å². The summed E-state index contributed by atoms with van der Waals surface area (Å²) in [6.07, 6.45) is 2.28. The van der Waals surface area contributed by atoms with Crippen molar-refractivity contribution in [2.24, 2.45) is 0 Å². The molecule has 166 valence electrons. The minimum Gasteiger partial charge on any atom is -0.497 e. The Bertz CT molecular complexity index is 1060. The van der Waals surface area contributed by atoms with Gasteiger partial charge in [-0.25, -0.2) is 12.7 Å². The van der Waals surface area contributed by atoms with Gasteiger partial charge in [-0.15, -0.1) is 0 Å². The molecule has 3 aromatic rings. The van der Waals surface area contributed by atoms with Crippen LogP contribution in [0.2, 0.25) is 0 Å². The van der Waals surface area contributed by atoms with E-state index in [0.29, 0.717) is 23.9 Å². The summed E-state index contributed by atoms with van der Waals surface area (Å²) in [6.45, 7) is 2.45. The fraction of sp³-hybridized carbons (Fsp3) is 0.364. The van der Waals surface area contributed by atoms with Crippen LogP contribution in [0.4, 0.5) is 0 Å². The SMILES string of the molecule is CCCc1ccc(S(=O)(=O)N(C)CCc2noc(COc3ccc(OC)cc3)n2)cc1. The Kier molecular flexibility index (Phi) is 7.64. The summed E-state index contributed by atoms with van der Waals surface area (Å²) in [5.74, 6) is 2.14. The Morgan fingerprint density at radius 1 is 1.00 bits per heavy atom.